The maximum atomic E-state index is 12.7. The summed E-state index contributed by atoms with van der Waals surface area (Å²) in [6.45, 7) is 6.41. The fraction of sp³-hybridized carbons (Fsp3) is 0.368. The van der Waals surface area contributed by atoms with Gasteiger partial charge in [-0.1, -0.05) is 35.9 Å². The van der Waals surface area contributed by atoms with E-state index in [1.807, 2.05) is 30.2 Å². The van der Waals surface area contributed by atoms with Crippen LogP contribution in [-0.4, -0.2) is 35.5 Å². The van der Waals surface area contributed by atoms with Crippen LogP contribution in [0.5, 0.6) is 0 Å². The number of likely N-dealkylation sites (N-methyl/N-ethyl adjacent to an activating group) is 1. The van der Waals surface area contributed by atoms with Crippen molar-refractivity contribution in [1.82, 2.24) is 9.88 Å². The van der Waals surface area contributed by atoms with Crippen molar-refractivity contribution in [3.63, 3.8) is 0 Å². The maximum absolute atomic E-state index is 12.7. The van der Waals surface area contributed by atoms with E-state index in [2.05, 4.69) is 36.2 Å². The number of carbonyl (C=O) groups is 1. The van der Waals surface area contributed by atoms with Gasteiger partial charge >= 0.3 is 0 Å². The van der Waals surface area contributed by atoms with Gasteiger partial charge in [-0.2, -0.15) is 0 Å². The molecule has 0 bridgehead atoms. The second-order valence-corrected chi connectivity index (χ2v) is 5.60. The minimum Gasteiger partial charge on any atom is -0.372 e. The van der Waals surface area contributed by atoms with Crippen LogP contribution in [0.3, 0.4) is 0 Å². The summed E-state index contributed by atoms with van der Waals surface area (Å²) < 4.78 is 5.23. The highest BCUT2D eigenvalue weighted by Gasteiger charge is 2.28. The van der Waals surface area contributed by atoms with E-state index in [-0.39, 0.29) is 11.9 Å². The van der Waals surface area contributed by atoms with Gasteiger partial charge < -0.3 is 9.64 Å². The molecule has 4 nitrogen and oxygen atoms in total. The molecular weight excluding hydrogens is 288 g/mol. The van der Waals surface area contributed by atoms with Crippen LogP contribution >= 0.6 is 0 Å². The van der Waals surface area contributed by atoms with E-state index >= 15 is 0 Å². The molecule has 2 rings (SSSR count). The standard InChI is InChI=1S/C19H24N2O2/c1-5-21(19(22)15(3)23-4)18(17-7-6-12-20-13-17)16-10-8-14(2)9-11-16/h6-13,15,18H,5H2,1-4H3/t15-,18+/m0/s1. The minimum absolute atomic E-state index is 0.0237. The number of benzene rings is 1. The third-order valence-corrected chi connectivity index (χ3v) is 4.03. The number of aryl methyl sites for hydroxylation is 1. The van der Waals surface area contributed by atoms with Gasteiger partial charge in [-0.15, -0.1) is 0 Å². The number of hydrogen-bond donors (Lipinski definition) is 0. The molecule has 1 aromatic heterocycles. The van der Waals surface area contributed by atoms with E-state index in [1.165, 1.54) is 5.56 Å². The van der Waals surface area contributed by atoms with E-state index in [0.717, 1.165) is 11.1 Å². The minimum atomic E-state index is -0.473. The SMILES string of the molecule is CCN(C(=O)[C@H](C)OC)[C@H](c1ccc(C)cc1)c1cccnc1. The Balaban J connectivity index is 2.48. The highest BCUT2D eigenvalue weighted by Crippen LogP contribution is 2.29. The van der Waals surface area contributed by atoms with Gasteiger partial charge in [0.2, 0.25) is 0 Å². The molecule has 0 radical (unpaired) electrons. The molecule has 0 saturated heterocycles. The first kappa shape index (κ1) is 17.2. The van der Waals surface area contributed by atoms with Crippen LogP contribution in [0.15, 0.2) is 48.8 Å². The van der Waals surface area contributed by atoms with Crippen molar-refractivity contribution in [1.29, 1.82) is 0 Å². The molecular formula is C19H24N2O2. The predicted molar refractivity (Wildman–Crippen MR) is 91.1 cm³/mol. The van der Waals surface area contributed by atoms with E-state index in [9.17, 15) is 4.79 Å². The third kappa shape index (κ3) is 3.96. The van der Waals surface area contributed by atoms with Gasteiger partial charge in [-0.25, -0.2) is 0 Å². The first-order chi connectivity index (χ1) is 11.1. The second kappa shape index (κ2) is 7.88. The molecule has 2 atom stereocenters. The van der Waals surface area contributed by atoms with Crippen LogP contribution in [0, 0.1) is 6.92 Å². The van der Waals surface area contributed by atoms with Crippen LogP contribution in [0.4, 0.5) is 0 Å². The molecule has 0 aliphatic heterocycles. The van der Waals surface area contributed by atoms with Gasteiger partial charge in [-0.3, -0.25) is 9.78 Å². The monoisotopic (exact) mass is 312 g/mol. The lowest BCUT2D eigenvalue weighted by molar-refractivity contribution is -0.142. The summed E-state index contributed by atoms with van der Waals surface area (Å²) in [5.41, 5.74) is 3.26. The number of pyridine rings is 1. The van der Waals surface area contributed by atoms with Gasteiger partial charge in [0, 0.05) is 26.0 Å². The van der Waals surface area contributed by atoms with Gasteiger partial charge in [-0.05, 0) is 38.0 Å². The molecule has 0 aliphatic rings. The van der Waals surface area contributed by atoms with Crippen LogP contribution in [0.25, 0.3) is 0 Å². The third-order valence-electron chi connectivity index (χ3n) is 4.03. The largest absolute Gasteiger partial charge is 0.372 e. The molecule has 0 N–H and O–H groups in total. The lowest BCUT2D eigenvalue weighted by Crippen LogP contribution is -2.41. The molecule has 1 heterocycles. The Morgan fingerprint density at radius 2 is 1.91 bits per heavy atom. The molecule has 0 saturated carbocycles. The summed E-state index contributed by atoms with van der Waals surface area (Å²) in [4.78, 5) is 18.8. The number of rotatable bonds is 6. The smallest absolute Gasteiger partial charge is 0.252 e. The Hall–Kier alpha value is -2.20. The lowest BCUT2D eigenvalue weighted by atomic mass is 9.97. The average molecular weight is 312 g/mol. The molecule has 0 fully saturated rings. The number of hydrogen-bond acceptors (Lipinski definition) is 3. The van der Waals surface area contributed by atoms with Crippen molar-refractivity contribution in [2.75, 3.05) is 13.7 Å². The summed E-state index contributed by atoms with van der Waals surface area (Å²) in [6.07, 6.45) is 3.09. The number of aromatic nitrogens is 1. The topological polar surface area (TPSA) is 42.4 Å². The fourth-order valence-electron chi connectivity index (χ4n) is 2.64. The first-order valence-corrected chi connectivity index (χ1v) is 7.88. The highest BCUT2D eigenvalue weighted by molar-refractivity contribution is 5.81. The zero-order valence-electron chi connectivity index (χ0n) is 14.2. The molecule has 1 amide bonds. The average Bonchev–Trinajstić information content (AvgIpc) is 2.60. The predicted octanol–water partition coefficient (Wildman–Crippen LogP) is 3.36. The Kier molecular flexibility index (Phi) is 5.88. The molecule has 0 unspecified atom stereocenters. The molecule has 2 aromatic rings. The van der Waals surface area contributed by atoms with Gasteiger partial charge in [0.1, 0.15) is 6.10 Å². The molecule has 122 valence electrons. The normalized spacial score (nSPS) is 13.4. The summed E-state index contributed by atoms with van der Waals surface area (Å²) >= 11 is 0. The molecule has 23 heavy (non-hydrogen) atoms. The van der Waals surface area contributed by atoms with Gasteiger partial charge in [0.25, 0.3) is 5.91 Å². The maximum Gasteiger partial charge on any atom is 0.252 e. The number of ether oxygens (including phenoxy) is 1. The van der Waals surface area contributed by atoms with Crippen molar-refractivity contribution in [3.8, 4) is 0 Å². The summed E-state index contributed by atoms with van der Waals surface area (Å²) in [7, 11) is 1.56. The summed E-state index contributed by atoms with van der Waals surface area (Å²) in [5.74, 6) is -0.0237. The van der Waals surface area contributed by atoms with Gasteiger partial charge in [0.15, 0.2) is 0 Å². The zero-order chi connectivity index (χ0) is 16.8. The van der Waals surface area contributed by atoms with E-state index in [0.29, 0.717) is 6.54 Å². The summed E-state index contributed by atoms with van der Waals surface area (Å²) in [6, 6.07) is 12.0. The van der Waals surface area contributed by atoms with Crippen LogP contribution in [0.1, 0.15) is 36.6 Å². The molecule has 0 spiro atoms. The van der Waals surface area contributed by atoms with Gasteiger partial charge in [0.05, 0.1) is 6.04 Å². The van der Waals surface area contributed by atoms with Crippen molar-refractivity contribution in [2.24, 2.45) is 0 Å². The first-order valence-electron chi connectivity index (χ1n) is 7.88. The van der Waals surface area contributed by atoms with E-state index in [1.54, 1.807) is 20.2 Å². The fourth-order valence-corrected chi connectivity index (χ4v) is 2.64. The summed E-state index contributed by atoms with van der Waals surface area (Å²) in [5, 5.41) is 0. The van der Waals surface area contributed by atoms with Crippen LogP contribution in [0.2, 0.25) is 0 Å². The van der Waals surface area contributed by atoms with Crippen molar-refractivity contribution in [2.45, 2.75) is 32.9 Å². The molecule has 1 aromatic carbocycles. The quantitative estimate of drug-likeness (QED) is 0.821. The Morgan fingerprint density at radius 3 is 2.43 bits per heavy atom. The van der Waals surface area contributed by atoms with E-state index < -0.39 is 6.10 Å². The number of methoxy groups -OCH3 is 1. The molecule has 0 aliphatic carbocycles. The Bertz CT molecular complexity index is 626. The Morgan fingerprint density at radius 1 is 1.22 bits per heavy atom. The Labute approximate surface area is 138 Å². The van der Waals surface area contributed by atoms with Crippen LogP contribution in [-0.2, 0) is 9.53 Å². The van der Waals surface area contributed by atoms with Crippen molar-refractivity contribution < 1.29 is 9.53 Å². The second-order valence-electron chi connectivity index (χ2n) is 5.60. The number of amides is 1. The number of carbonyl (C=O) groups excluding carboxylic acids is 1. The van der Waals surface area contributed by atoms with Crippen molar-refractivity contribution in [3.05, 3.63) is 65.5 Å². The van der Waals surface area contributed by atoms with E-state index in [4.69, 9.17) is 4.74 Å². The van der Waals surface area contributed by atoms with Crippen LogP contribution < -0.4 is 0 Å². The highest BCUT2D eigenvalue weighted by atomic mass is 16.5. The molecule has 4 heteroatoms. The lowest BCUT2D eigenvalue weighted by Gasteiger charge is -2.33. The van der Waals surface area contributed by atoms with Crippen molar-refractivity contribution >= 4 is 5.91 Å². The zero-order valence-corrected chi connectivity index (χ0v) is 14.2. The number of nitrogens with zero attached hydrogens (tertiary/aromatic N) is 2.